The maximum atomic E-state index is 6.66. The number of nitrogens with zero attached hydrogens (tertiary/aromatic N) is 4. The number of para-hydroxylation sites is 1. The van der Waals surface area contributed by atoms with E-state index >= 15 is 0 Å². The number of hydrogen-bond acceptors (Lipinski definition) is 6. The fraction of sp³-hybridized carbons (Fsp3) is 0. The Labute approximate surface area is 332 Å². The molecule has 0 amide bonds. The molecule has 6 heteroatoms. The second-order valence-electron chi connectivity index (χ2n) is 14.0. The van der Waals surface area contributed by atoms with Gasteiger partial charge in [0.2, 0.25) is 0 Å². The summed E-state index contributed by atoms with van der Waals surface area (Å²) in [4.78, 5) is 17.5. The van der Waals surface area contributed by atoms with E-state index < -0.39 is 0 Å². The molecule has 3 aromatic heterocycles. The normalized spacial score (nSPS) is 11.5. The summed E-state index contributed by atoms with van der Waals surface area (Å²) in [6, 6.07) is 67.4. The van der Waals surface area contributed by atoms with Crippen molar-refractivity contribution >= 4 is 70.5 Å². The van der Waals surface area contributed by atoms with Crippen molar-refractivity contribution in [3.8, 4) is 45.3 Å². The van der Waals surface area contributed by atoms with Gasteiger partial charge in [0.05, 0.1) is 11.1 Å². The molecule has 3 heterocycles. The smallest absolute Gasteiger partial charge is 0.164 e. The van der Waals surface area contributed by atoms with Gasteiger partial charge in [-0.1, -0.05) is 133 Å². The Morgan fingerprint density at radius 1 is 0.368 bits per heavy atom. The van der Waals surface area contributed by atoms with Crippen LogP contribution in [0.1, 0.15) is 0 Å². The minimum atomic E-state index is 0.585. The van der Waals surface area contributed by atoms with Crippen LogP contribution in [0.3, 0.4) is 0 Å². The van der Waals surface area contributed by atoms with Gasteiger partial charge in [0.1, 0.15) is 11.2 Å². The van der Waals surface area contributed by atoms with Crippen LogP contribution >= 0.6 is 11.3 Å². The molecule has 11 aromatic rings. The summed E-state index contributed by atoms with van der Waals surface area (Å²) in [6.07, 6.45) is 0. The van der Waals surface area contributed by atoms with E-state index in [-0.39, 0.29) is 0 Å². The first-order chi connectivity index (χ1) is 28.2. The molecule has 5 nitrogen and oxygen atoms in total. The predicted molar refractivity (Wildman–Crippen MR) is 236 cm³/mol. The lowest BCUT2D eigenvalue weighted by molar-refractivity contribution is 0.669. The van der Waals surface area contributed by atoms with Gasteiger partial charge in [-0.25, -0.2) is 15.0 Å². The average Bonchev–Trinajstić information content (AvgIpc) is 3.86. The first kappa shape index (κ1) is 33.0. The Kier molecular flexibility index (Phi) is 7.93. The number of aromatic nitrogens is 3. The third-order valence-corrected chi connectivity index (χ3v) is 11.7. The number of anilines is 3. The van der Waals surface area contributed by atoms with E-state index in [1.807, 2.05) is 48.5 Å². The largest absolute Gasteiger partial charge is 0.456 e. The van der Waals surface area contributed by atoms with Crippen LogP contribution in [0.2, 0.25) is 0 Å². The van der Waals surface area contributed by atoms with Crippen molar-refractivity contribution in [2.24, 2.45) is 0 Å². The van der Waals surface area contributed by atoms with Crippen LogP contribution in [0.15, 0.2) is 199 Å². The van der Waals surface area contributed by atoms with E-state index in [1.54, 1.807) is 11.3 Å². The van der Waals surface area contributed by atoms with Crippen molar-refractivity contribution in [1.82, 2.24) is 15.0 Å². The third kappa shape index (κ3) is 5.91. The second kappa shape index (κ2) is 13.7. The second-order valence-corrected chi connectivity index (χ2v) is 15.1. The van der Waals surface area contributed by atoms with Gasteiger partial charge < -0.3 is 9.32 Å². The number of benzene rings is 8. The molecule has 0 radical (unpaired) electrons. The molecule has 0 saturated heterocycles. The maximum Gasteiger partial charge on any atom is 0.164 e. The first-order valence-electron chi connectivity index (χ1n) is 18.9. The van der Waals surface area contributed by atoms with Gasteiger partial charge in [0, 0.05) is 53.6 Å². The molecule has 0 unspecified atom stereocenters. The summed E-state index contributed by atoms with van der Waals surface area (Å²) >= 11 is 1.79. The van der Waals surface area contributed by atoms with Gasteiger partial charge in [-0.15, -0.1) is 11.3 Å². The molecule has 0 aliphatic heterocycles. The Bertz CT molecular complexity index is 3230. The summed E-state index contributed by atoms with van der Waals surface area (Å²) in [5, 5.41) is 4.55. The van der Waals surface area contributed by atoms with E-state index in [1.165, 1.54) is 31.3 Å². The predicted octanol–water partition coefficient (Wildman–Crippen LogP) is 14.3. The summed E-state index contributed by atoms with van der Waals surface area (Å²) in [7, 11) is 0. The van der Waals surface area contributed by atoms with Crippen molar-refractivity contribution in [2.75, 3.05) is 4.90 Å². The maximum absolute atomic E-state index is 6.66. The zero-order chi connectivity index (χ0) is 37.7. The highest BCUT2D eigenvalue weighted by atomic mass is 32.1. The molecule has 0 fully saturated rings. The van der Waals surface area contributed by atoms with Gasteiger partial charge >= 0.3 is 0 Å². The number of furan rings is 1. The Morgan fingerprint density at radius 2 is 0.912 bits per heavy atom. The van der Waals surface area contributed by atoms with Gasteiger partial charge in [-0.2, -0.15) is 0 Å². The quantitative estimate of drug-likeness (QED) is 0.162. The molecule has 0 N–H and O–H groups in total. The monoisotopic (exact) mass is 748 g/mol. The van der Waals surface area contributed by atoms with Crippen LogP contribution < -0.4 is 4.90 Å². The number of rotatable bonds is 7. The van der Waals surface area contributed by atoms with Crippen LogP contribution in [0.4, 0.5) is 17.1 Å². The van der Waals surface area contributed by atoms with Gasteiger partial charge in [0.25, 0.3) is 0 Å². The van der Waals surface area contributed by atoms with Crippen molar-refractivity contribution in [3.05, 3.63) is 194 Å². The Morgan fingerprint density at radius 3 is 1.65 bits per heavy atom. The van der Waals surface area contributed by atoms with Crippen molar-refractivity contribution < 1.29 is 4.42 Å². The average molecular weight is 749 g/mol. The minimum Gasteiger partial charge on any atom is -0.456 e. The lowest BCUT2D eigenvalue weighted by atomic mass is 10.0. The molecule has 0 atom stereocenters. The lowest BCUT2D eigenvalue weighted by Gasteiger charge is -2.26. The summed E-state index contributed by atoms with van der Waals surface area (Å²) < 4.78 is 9.13. The number of hydrogen-bond donors (Lipinski definition) is 0. The summed E-state index contributed by atoms with van der Waals surface area (Å²) in [5.74, 6) is 1.83. The fourth-order valence-corrected chi connectivity index (χ4v) is 8.93. The molecule has 57 heavy (non-hydrogen) atoms. The lowest BCUT2D eigenvalue weighted by Crippen LogP contribution is -2.10. The van der Waals surface area contributed by atoms with Crippen molar-refractivity contribution in [3.63, 3.8) is 0 Å². The van der Waals surface area contributed by atoms with Crippen LogP contribution in [0.25, 0.3) is 87.4 Å². The van der Waals surface area contributed by atoms with E-state index in [9.17, 15) is 0 Å². The molecular formula is C51H32N4OS. The number of thiophene rings is 1. The zero-order valence-electron chi connectivity index (χ0n) is 30.6. The highest BCUT2D eigenvalue weighted by Gasteiger charge is 2.21. The molecule has 0 saturated carbocycles. The minimum absolute atomic E-state index is 0.585. The molecule has 0 spiro atoms. The molecule has 8 aromatic carbocycles. The van der Waals surface area contributed by atoms with E-state index in [2.05, 4.69) is 150 Å². The Hall–Kier alpha value is -7.41. The van der Waals surface area contributed by atoms with Crippen LogP contribution in [-0.2, 0) is 0 Å². The highest BCUT2D eigenvalue weighted by Crippen LogP contribution is 2.44. The summed E-state index contributed by atoms with van der Waals surface area (Å²) in [5.41, 5.74) is 9.79. The molecule has 268 valence electrons. The Balaban J connectivity index is 1.04. The SMILES string of the molecule is c1ccc(-c2ccc(N(c3ccccc3)c3cccc4oc5cc(-c6nc(-c7ccccc7)nc(-c7ccc8c(c7)sc7ccccc78)n6)ccc5c34)cc2)cc1. The van der Waals surface area contributed by atoms with Gasteiger partial charge in [-0.3, -0.25) is 0 Å². The van der Waals surface area contributed by atoms with Crippen LogP contribution in [0, 0.1) is 0 Å². The molecule has 0 aliphatic carbocycles. The van der Waals surface area contributed by atoms with Crippen LogP contribution in [-0.4, -0.2) is 15.0 Å². The molecular weight excluding hydrogens is 717 g/mol. The van der Waals surface area contributed by atoms with Gasteiger partial charge in [-0.05, 0) is 71.8 Å². The third-order valence-electron chi connectivity index (χ3n) is 10.5. The standard InChI is InChI=1S/C51H32N4OS/c1-4-13-33(14-5-1)34-23-27-39(28-24-34)55(38-17-8-3-9-18-38)43-20-12-21-44-48(43)42-30-26-36(31-45(42)56-44)50-52-49(35-15-6-2-7-16-35)53-51(54-50)37-25-29-41-40-19-10-11-22-46(40)57-47(41)32-37/h1-32H. The fourth-order valence-electron chi connectivity index (χ4n) is 7.79. The van der Waals surface area contributed by atoms with Crippen molar-refractivity contribution in [1.29, 1.82) is 0 Å². The van der Waals surface area contributed by atoms with E-state index in [0.717, 1.165) is 55.7 Å². The molecule has 0 bridgehead atoms. The van der Waals surface area contributed by atoms with Crippen molar-refractivity contribution in [2.45, 2.75) is 0 Å². The van der Waals surface area contributed by atoms with Gasteiger partial charge in [0.15, 0.2) is 17.5 Å². The molecule has 11 rings (SSSR count). The first-order valence-corrected chi connectivity index (χ1v) is 19.7. The highest BCUT2D eigenvalue weighted by molar-refractivity contribution is 7.25. The van der Waals surface area contributed by atoms with E-state index in [4.69, 9.17) is 19.4 Å². The zero-order valence-corrected chi connectivity index (χ0v) is 31.4. The number of fused-ring (bicyclic) bond motifs is 6. The summed E-state index contributed by atoms with van der Waals surface area (Å²) in [6.45, 7) is 0. The van der Waals surface area contributed by atoms with E-state index in [0.29, 0.717) is 17.5 Å². The topological polar surface area (TPSA) is 55.1 Å². The molecule has 0 aliphatic rings. The van der Waals surface area contributed by atoms with Crippen LogP contribution in [0.5, 0.6) is 0 Å².